The maximum absolute atomic E-state index is 10.7. The van der Waals surface area contributed by atoms with E-state index in [2.05, 4.69) is 17.2 Å². The van der Waals surface area contributed by atoms with Gasteiger partial charge in [-0.3, -0.25) is 9.59 Å². The lowest BCUT2D eigenvalue weighted by Crippen LogP contribution is -2.18. The minimum absolute atomic E-state index is 0.283. The number of likely N-dealkylation sites (N-methyl/N-ethyl adjacent to an activating group) is 1. The topological polar surface area (TPSA) is 58.2 Å². The quantitative estimate of drug-likeness (QED) is 0.327. The van der Waals surface area contributed by atoms with Gasteiger partial charge in [-0.25, -0.2) is 0 Å². The van der Waals surface area contributed by atoms with Crippen molar-refractivity contribution in [2.75, 3.05) is 7.05 Å². The van der Waals surface area contributed by atoms with E-state index in [1.807, 2.05) is 0 Å². The fourth-order valence-corrected chi connectivity index (χ4v) is 0.441. The molecule has 4 nitrogen and oxygen atoms in total. The van der Waals surface area contributed by atoms with E-state index in [9.17, 15) is 9.59 Å². The molecule has 60 valence electrons. The highest BCUT2D eigenvalue weighted by Gasteiger charge is 1.93. The second kappa shape index (κ2) is 5.22. The van der Waals surface area contributed by atoms with Crippen molar-refractivity contribution in [3.05, 3.63) is 24.4 Å². The summed E-state index contributed by atoms with van der Waals surface area (Å²) in [5.74, 6) is -0.283. The van der Waals surface area contributed by atoms with Crippen LogP contribution in [0.15, 0.2) is 24.4 Å². The van der Waals surface area contributed by atoms with Crippen LogP contribution >= 0.6 is 0 Å². The maximum Gasteiger partial charge on any atom is 0.245 e. The van der Waals surface area contributed by atoms with Crippen molar-refractivity contribution < 1.29 is 9.59 Å². The first-order valence-corrected chi connectivity index (χ1v) is 3.00. The Labute approximate surface area is 65.0 Å². The van der Waals surface area contributed by atoms with Gasteiger partial charge in [-0.1, -0.05) is 6.58 Å². The molecule has 0 aromatic heterocycles. The van der Waals surface area contributed by atoms with Gasteiger partial charge < -0.3 is 10.6 Å². The first-order chi connectivity index (χ1) is 5.24. The summed E-state index contributed by atoms with van der Waals surface area (Å²) in [7, 11) is 1.50. The lowest BCUT2D eigenvalue weighted by atomic mass is 10.4. The Kier molecular flexibility index (Phi) is 4.47. The van der Waals surface area contributed by atoms with Crippen molar-refractivity contribution in [3.8, 4) is 0 Å². The highest BCUT2D eigenvalue weighted by atomic mass is 16.1. The normalized spacial score (nSPS) is 10.1. The van der Waals surface area contributed by atoms with Crippen molar-refractivity contribution >= 4 is 12.3 Å². The van der Waals surface area contributed by atoms with Gasteiger partial charge >= 0.3 is 0 Å². The molecule has 0 aliphatic rings. The Bertz CT molecular complexity index is 197. The number of hydrogen-bond acceptors (Lipinski definition) is 2. The number of amides is 2. The summed E-state index contributed by atoms with van der Waals surface area (Å²) in [6, 6.07) is 0. The first kappa shape index (κ1) is 9.42. The summed E-state index contributed by atoms with van der Waals surface area (Å²) in [5, 5.41) is 4.67. The molecule has 0 unspecified atom stereocenters. The third-order valence-corrected chi connectivity index (χ3v) is 0.979. The predicted molar refractivity (Wildman–Crippen MR) is 41.5 cm³/mol. The summed E-state index contributed by atoms with van der Waals surface area (Å²) in [6.45, 7) is 3.40. The number of rotatable bonds is 4. The molecule has 0 saturated heterocycles. The number of nitrogens with one attached hydrogen (secondary N) is 2. The van der Waals surface area contributed by atoms with Crippen LogP contribution in [0.3, 0.4) is 0 Å². The first-order valence-electron chi connectivity index (χ1n) is 3.00. The highest BCUT2D eigenvalue weighted by molar-refractivity contribution is 5.88. The molecule has 11 heavy (non-hydrogen) atoms. The monoisotopic (exact) mass is 154 g/mol. The lowest BCUT2D eigenvalue weighted by molar-refractivity contribution is -0.116. The second-order valence-electron chi connectivity index (χ2n) is 1.68. The third kappa shape index (κ3) is 3.91. The van der Waals surface area contributed by atoms with Crippen LogP contribution in [0.5, 0.6) is 0 Å². The smallest absolute Gasteiger partial charge is 0.245 e. The van der Waals surface area contributed by atoms with Gasteiger partial charge in [0, 0.05) is 18.8 Å². The minimum Gasteiger partial charge on any atom is -0.356 e. The molecule has 0 aromatic rings. The fraction of sp³-hybridized carbons (Fsp3) is 0.143. The Balaban J connectivity index is 4.20. The van der Waals surface area contributed by atoms with Gasteiger partial charge in [-0.15, -0.1) is 0 Å². The van der Waals surface area contributed by atoms with Gasteiger partial charge in [-0.05, 0) is 6.08 Å². The molecule has 2 N–H and O–H groups in total. The van der Waals surface area contributed by atoms with E-state index in [1.165, 1.54) is 19.2 Å². The van der Waals surface area contributed by atoms with Crippen molar-refractivity contribution in [1.82, 2.24) is 10.6 Å². The van der Waals surface area contributed by atoms with Gasteiger partial charge in [0.15, 0.2) is 0 Å². The van der Waals surface area contributed by atoms with Crippen LogP contribution in [0.4, 0.5) is 0 Å². The standard InChI is InChI=1S/C7H10N2O2/c1-3-6(9-5-10)4-7(11)8-2/h3-5H,1H2,2H3,(H,8,11)(H,9,10)/b6-4+. The zero-order valence-electron chi connectivity index (χ0n) is 6.26. The number of carbonyl (C=O) groups is 2. The van der Waals surface area contributed by atoms with Crippen LogP contribution in [0, 0.1) is 0 Å². The Morgan fingerprint density at radius 1 is 1.55 bits per heavy atom. The van der Waals surface area contributed by atoms with E-state index in [0.717, 1.165) is 0 Å². The van der Waals surface area contributed by atoms with Crippen LogP contribution in [-0.2, 0) is 9.59 Å². The van der Waals surface area contributed by atoms with Crippen LogP contribution < -0.4 is 10.6 Å². The molecule has 2 amide bonds. The summed E-state index contributed by atoms with van der Waals surface area (Å²) in [4.78, 5) is 20.6. The van der Waals surface area contributed by atoms with E-state index in [4.69, 9.17) is 0 Å². The average molecular weight is 154 g/mol. The van der Waals surface area contributed by atoms with Crippen molar-refractivity contribution in [2.24, 2.45) is 0 Å². The van der Waals surface area contributed by atoms with Crippen LogP contribution in [-0.4, -0.2) is 19.4 Å². The molecule has 4 heteroatoms. The van der Waals surface area contributed by atoms with E-state index < -0.39 is 0 Å². The largest absolute Gasteiger partial charge is 0.356 e. The summed E-state index contributed by atoms with van der Waals surface area (Å²) < 4.78 is 0. The molecule has 0 saturated carbocycles. The second-order valence-corrected chi connectivity index (χ2v) is 1.68. The molecule has 0 radical (unpaired) electrons. The summed E-state index contributed by atoms with van der Waals surface area (Å²) >= 11 is 0. The Hall–Kier alpha value is -1.58. The van der Waals surface area contributed by atoms with Gasteiger partial charge in [0.05, 0.1) is 0 Å². The van der Waals surface area contributed by atoms with Gasteiger partial charge in [-0.2, -0.15) is 0 Å². The number of allylic oxidation sites excluding steroid dienone is 1. The average Bonchev–Trinajstić information content (AvgIpc) is 2.03. The fourth-order valence-electron chi connectivity index (χ4n) is 0.441. The Morgan fingerprint density at radius 3 is 2.55 bits per heavy atom. The maximum atomic E-state index is 10.7. The zero-order chi connectivity index (χ0) is 8.69. The highest BCUT2D eigenvalue weighted by Crippen LogP contribution is 1.86. The van der Waals surface area contributed by atoms with E-state index in [1.54, 1.807) is 0 Å². The SMILES string of the molecule is C=C/C(=C\C(=O)NC)NC=O. The van der Waals surface area contributed by atoms with E-state index in [0.29, 0.717) is 12.1 Å². The molecule has 0 aromatic carbocycles. The molecule has 0 heterocycles. The molecule has 0 spiro atoms. The van der Waals surface area contributed by atoms with Crippen molar-refractivity contribution in [2.45, 2.75) is 0 Å². The van der Waals surface area contributed by atoms with Crippen LogP contribution in [0.2, 0.25) is 0 Å². The lowest BCUT2D eigenvalue weighted by Gasteiger charge is -1.96. The third-order valence-electron chi connectivity index (χ3n) is 0.979. The predicted octanol–water partition coefficient (Wildman–Crippen LogP) is -0.452. The molecule has 0 bridgehead atoms. The molecule has 0 rings (SSSR count). The van der Waals surface area contributed by atoms with E-state index in [-0.39, 0.29) is 5.91 Å². The molecule has 0 fully saturated rings. The van der Waals surface area contributed by atoms with Crippen molar-refractivity contribution in [1.29, 1.82) is 0 Å². The number of carbonyl (C=O) groups excluding carboxylic acids is 2. The van der Waals surface area contributed by atoms with E-state index >= 15 is 0 Å². The molecular formula is C7H10N2O2. The van der Waals surface area contributed by atoms with Gasteiger partial charge in [0.2, 0.25) is 12.3 Å². The Morgan fingerprint density at radius 2 is 2.18 bits per heavy atom. The molecule has 0 aliphatic heterocycles. The van der Waals surface area contributed by atoms with Gasteiger partial charge in [0.1, 0.15) is 0 Å². The van der Waals surface area contributed by atoms with Crippen LogP contribution in [0.1, 0.15) is 0 Å². The molecule has 0 atom stereocenters. The molecule has 0 aliphatic carbocycles. The summed E-state index contributed by atoms with van der Waals surface area (Å²) in [6.07, 6.45) is 3.10. The molecular weight excluding hydrogens is 144 g/mol. The van der Waals surface area contributed by atoms with Crippen molar-refractivity contribution in [3.63, 3.8) is 0 Å². The van der Waals surface area contributed by atoms with Crippen LogP contribution in [0.25, 0.3) is 0 Å². The summed E-state index contributed by atoms with van der Waals surface area (Å²) in [5.41, 5.74) is 0.374. The number of hydrogen-bond donors (Lipinski definition) is 2. The zero-order valence-corrected chi connectivity index (χ0v) is 6.26. The van der Waals surface area contributed by atoms with Gasteiger partial charge in [0.25, 0.3) is 0 Å². The minimum atomic E-state index is -0.283.